The maximum atomic E-state index is 4.29. The molecular weight excluding hydrogens is 254 g/mol. The Morgan fingerprint density at radius 2 is 1.84 bits per heavy atom. The first-order valence-electron chi connectivity index (χ1n) is 6.28. The number of fused-ring (bicyclic) bond motifs is 1. The lowest BCUT2D eigenvalue weighted by Gasteiger charge is -2.03. The average Bonchev–Trinajstić information content (AvgIpc) is 2.95. The zero-order valence-corrected chi connectivity index (χ0v) is 11.7. The first kappa shape index (κ1) is 12.3. The highest BCUT2D eigenvalue weighted by molar-refractivity contribution is 7.14. The first-order chi connectivity index (χ1) is 9.28. The molecule has 0 amide bonds. The maximum Gasteiger partial charge on any atom is 0.147 e. The van der Waals surface area contributed by atoms with E-state index in [2.05, 4.69) is 64.9 Å². The number of benzene rings is 2. The highest BCUT2D eigenvalue weighted by Gasteiger charge is 2.11. The predicted molar refractivity (Wildman–Crippen MR) is 80.3 cm³/mol. The largest absolute Gasteiger partial charge is 0.311 e. The molecule has 1 N–H and O–H groups in total. The van der Waals surface area contributed by atoms with Crippen LogP contribution in [0.4, 0.5) is 0 Å². The molecule has 0 fully saturated rings. The predicted octanol–water partition coefficient (Wildman–Crippen LogP) is 3.64. The van der Waals surface area contributed by atoms with Crippen molar-refractivity contribution in [2.75, 3.05) is 7.05 Å². The van der Waals surface area contributed by atoms with Crippen LogP contribution in [0.15, 0.2) is 42.5 Å². The van der Waals surface area contributed by atoms with Gasteiger partial charge in [-0.3, -0.25) is 0 Å². The summed E-state index contributed by atoms with van der Waals surface area (Å²) in [7, 11) is 1.93. The molecule has 0 aliphatic rings. The van der Waals surface area contributed by atoms with E-state index < -0.39 is 0 Å². The summed E-state index contributed by atoms with van der Waals surface area (Å²) in [6.07, 6.45) is 0. The molecule has 3 nitrogen and oxygen atoms in total. The minimum absolute atomic E-state index is 0.242. The van der Waals surface area contributed by atoms with Crippen LogP contribution in [-0.4, -0.2) is 17.2 Å². The lowest BCUT2D eigenvalue weighted by molar-refractivity contribution is 0.640. The second-order valence-corrected chi connectivity index (χ2v) is 5.53. The Labute approximate surface area is 116 Å². The zero-order chi connectivity index (χ0) is 13.2. The van der Waals surface area contributed by atoms with Gasteiger partial charge in [0.2, 0.25) is 0 Å². The molecule has 0 saturated carbocycles. The Balaban J connectivity index is 2.01. The summed E-state index contributed by atoms with van der Waals surface area (Å²) < 4.78 is 0. The Kier molecular flexibility index (Phi) is 3.27. The minimum Gasteiger partial charge on any atom is -0.311 e. The molecule has 4 heteroatoms. The van der Waals surface area contributed by atoms with E-state index in [9.17, 15) is 0 Å². The summed E-state index contributed by atoms with van der Waals surface area (Å²) in [6, 6.07) is 15.0. The summed E-state index contributed by atoms with van der Waals surface area (Å²) in [5.41, 5.74) is 1.13. The number of aromatic nitrogens is 2. The Hall–Kier alpha value is -1.78. The Bertz CT molecular complexity index is 705. The Morgan fingerprint density at radius 3 is 2.63 bits per heavy atom. The molecular formula is C15H15N3S. The number of rotatable bonds is 3. The standard InChI is InChI=1S/C15H15N3S/c1-10(16-2)14-17-18-15(19-14)13-8-7-11-5-3-4-6-12(11)9-13/h3-10,16H,1-2H3. The molecule has 1 unspecified atom stereocenters. The normalized spacial score (nSPS) is 12.7. The lowest BCUT2D eigenvalue weighted by atomic mass is 10.1. The highest BCUT2D eigenvalue weighted by Crippen LogP contribution is 2.28. The van der Waals surface area contributed by atoms with Crippen LogP contribution >= 0.6 is 11.3 Å². The van der Waals surface area contributed by atoms with Crippen LogP contribution in [0.5, 0.6) is 0 Å². The first-order valence-corrected chi connectivity index (χ1v) is 7.09. The molecule has 1 heterocycles. The van der Waals surface area contributed by atoms with Crippen LogP contribution in [-0.2, 0) is 0 Å². The zero-order valence-electron chi connectivity index (χ0n) is 10.9. The van der Waals surface area contributed by atoms with Gasteiger partial charge in [0, 0.05) is 5.56 Å². The van der Waals surface area contributed by atoms with Crippen molar-refractivity contribution in [2.24, 2.45) is 0 Å². The van der Waals surface area contributed by atoms with E-state index in [0.717, 1.165) is 15.6 Å². The molecule has 0 spiro atoms. The van der Waals surface area contributed by atoms with Gasteiger partial charge in [0.15, 0.2) is 0 Å². The van der Waals surface area contributed by atoms with Crippen LogP contribution in [0.2, 0.25) is 0 Å². The van der Waals surface area contributed by atoms with E-state index in [1.807, 2.05) is 7.05 Å². The molecule has 2 aromatic carbocycles. The topological polar surface area (TPSA) is 37.8 Å². The third-order valence-corrected chi connectivity index (χ3v) is 4.40. The molecule has 0 bridgehead atoms. The van der Waals surface area contributed by atoms with Gasteiger partial charge in [0.25, 0.3) is 0 Å². The second kappa shape index (κ2) is 5.07. The van der Waals surface area contributed by atoms with E-state index in [0.29, 0.717) is 0 Å². The number of nitrogens with zero attached hydrogens (tertiary/aromatic N) is 2. The van der Waals surface area contributed by atoms with Gasteiger partial charge in [-0.15, -0.1) is 10.2 Å². The van der Waals surface area contributed by atoms with Crippen LogP contribution in [0.3, 0.4) is 0 Å². The van der Waals surface area contributed by atoms with Crippen LogP contribution < -0.4 is 5.32 Å². The SMILES string of the molecule is CNC(C)c1nnc(-c2ccc3ccccc3c2)s1. The molecule has 1 atom stereocenters. The van der Waals surface area contributed by atoms with Gasteiger partial charge in [-0.2, -0.15) is 0 Å². The fourth-order valence-corrected chi connectivity index (χ4v) is 2.87. The molecule has 0 radical (unpaired) electrons. The molecule has 0 saturated heterocycles. The van der Waals surface area contributed by atoms with Gasteiger partial charge in [-0.1, -0.05) is 47.7 Å². The van der Waals surface area contributed by atoms with Crippen molar-refractivity contribution in [1.29, 1.82) is 0 Å². The quantitative estimate of drug-likeness (QED) is 0.789. The second-order valence-electron chi connectivity index (χ2n) is 4.52. The van der Waals surface area contributed by atoms with Gasteiger partial charge in [0.1, 0.15) is 10.0 Å². The smallest absolute Gasteiger partial charge is 0.147 e. The summed E-state index contributed by atoms with van der Waals surface area (Å²) in [5, 5.41) is 16.2. The van der Waals surface area contributed by atoms with Crippen LogP contribution in [0.1, 0.15) is 18.0 Å². The number of hydrogen-bond donors (Lipinski definition) is 1. The molecule has 1 aromatic heterocycles. The average molecular weight is 269 g/mol. The van der Waals surface area contributed by atoms with E-state index in [1.165, 1.54) is 10.8 Å². The molecule has 0 aliphatic heterocycles. The van der Waals surface area contributed by atoms with Crippen molar-refractivity contribution >= 4 is 22.1 Å². The van der Waals surface area contributed by atoms with Gasteiger partial charge in [-0.25, -0.2) is 0 Å². The molecule has 3 aromatic rings. The summed E-state index contributed by atoms with van der Waals surface area (Å²) in [4.78, 5) is 0. The van der Waals surface area contributed by atoms with Crippen LogP contribution in [0.25, 0.3) is 21.3 Å². The van der Waals surface area contributed by atoms with Gasteiger partial charge in [0.05, 0.1) is 6.04 Å². The van der Waals surface area contributed by atoms with E-state index >= 15 is 0 Å². The fraction of sp³-hybridized carbons (Fsp3) is 0.200. The number of nitrogens with one attached hydrogen (secondary N) is 1. The monoisotopic (exact) mass is 269 g/mol. The van der Waals surface area contributed by atoms with E-state index in [1.54, 1.807) is 11.3 Å². The van der Waals surface area contributed by atoms with Crippen molar-refractivity contribution in [3.8, 4) is 10.6 Å². The van der Waals surface area contributed by atoms with E-state index in [-0.39, 0.29) is 6.04 Å². The van der Waals surface area contributed by atoms with Crippen molar-refractivity contribution in [3.05, 3.63) is 47.5 Å². The summed E-state index contributed by atoms with van der Waals surface area (Å²) in [6.45, 7) is 2.09. The van der Waals surface area contributed by atoms with Gasteiger partial charge < -0.3 is 5.32 Å². The van der Waals surface area contributed by atoms with Crippen molar-refractivity contribution in [2.45, 2.75) is 13.0 Å². The molecule has 19 heavy (non-hydrogen) atoms. The van der Waals surface area contributed by atoms with Crippen molar-refractivity contribution < 1.29 is 0 Å². The van der Waals surface area contributed by atoms with Gasteiger partial charge in [-0.05, 0) is 30.8 Å². The Morgan fingerprint density at radius 1 is 1.05 bits per heavy atom. The maximum absolute atomic E-state index is 4.29. The molecule has 0 aliphatic carbocycles. The van der Waals surface area contributed by atoms with Crippen LogP contribution in [0, 0.1) is 0 Å². The van der Waals surface area contributed by atoms with Crippen molar-refractivity contribution in [1.82, 2.24) is 15.5 Å². The molecule has 3 rings (SSSR count). The number of hydrogen-bond acceptors (Lipinski definition) is 4. The fourth-order valence-electron chi connectivity index (χ4n) is 1.97. The van der Waals surface area contributed by atoms with Crippen molar-refractivity contribution in [3.63, 3.8) is 0 Å². The van der Waals surface area contributed by atoms with E-state index in [4.69, 9.17) is 0 Å². The van der Waals surface area contributed by atoms with Gasteiger partial charge >= 0.3 is 0 Å². The summed E-state index contributed by atoms with van der Waals surface area (Å²) >= 11 is 1.64. The third kappa shape index (κ3) is 2.37. The highest BCUT2D eigenvalue weighted by atomic mass is 32.1. The minimum atomic E-state index is 0.242. The lowest BCUT2D eigenvalue weighted by Crippen LogP contribution is -2.11. The molecule has 96 valence electrons. The third-order valence-electron chi connectivity index (χ3n) is 3.24. The summed E-state index contributed by atoms with van der Waals surface area (Å²) in [5.74, 6) is 0.